The molecule has 0 atom stereocenters. The van der Waals surface area contributed by atoms with Crippen LogP contribution >= 0.6 is 0 Å². The molecule has 2 radical (unpaired) electrons. The Hall–Kier alpha value is -1.64. The van der Waals surface area contributed by atoms with Crippen molar-refractivity contribution in [1.29, 1.82) is 0 Å². The molecule has 1 aromatic rings. The molecule has 1 aromatic carbocycles. The highest BCUT2D eigenvalue weighted by Gasteiger charge is 2.27. The topological polar surface area (TPSA) is 48.2 Å². The highest BCUT2D eigenvalue weighted by atomic mass is 16.2. The fourth-order valence-electron chi connectivity index (χ4n) is 1.00. The zero-order valence-electron chi connectivity index (χ0n) is 5.50. The summed E-state index contributed by atoms with van der Waals surface area (Å²) in [5.41, 5.74) is 0.648. The van der Waals surface area contributed by atoms with Crippen molar-refractivity contribution in [2.75, 3.05) is 0 Å². The number of fused-ring (bicyclic) bond motifs is 1. The Morgan fingerprint density at radius 1 is 1.27 bits per heavy atom. The number of hydrogen-bond donors (Lipinski definition) is 0. The largest absolute Gasteiger partial charge is 0.281 e. The zero-order valence-corrected chi connectivity index (χ0v) is 5.50. The first-order chi connectivity index (χ1) is 5.29. The van der Waals surface area contributed by atoms with Gasteiger partial charge in [-0.3, -0.25) is 9.59 Å². The van der Waals surface area contributed by atoms with E-state index in [-0.39, 0.29) is 5.56 Å². The number of hydrogen-bond acceptors (Lipinski definition) is 2. The molecular formula is C8H3NO2. The van der Waals surface area contributed by atoms with E-state index in [1.807, 2.05) is 0 Å². The van der Waals surface area contributed by atoms with Gasteiger partial charge in [-0.25, -0.2) is 0 Å². The minimum atomic E-state index is -0.481. The lowest BCUT2D eigenvalue weighted by atomic mass is 10.1. The lowest BCUT2D eigenvalue weighted by Gasteiger charge is -1.87. The quantitative estimate of drug-likeness (QED) is 0.495. The van der Waals surface area contributed by atoms with Crippen molar-refractivity contribution in [2.45, 2.75) is 0 Å². The molecule has 0 aliphatic carbocycles. The highest BCUT2D eigenvalue weighted by molar-refractivity contribution is 6.20. The average molecular weight is 145 g/mol. The summed E-state index contributed by atoms with van der Waals surface area (Å²) in [5.74, 6) is -0.938. The van der Waals surface area contributed by atoms with E-state index in [2.05, 4.69) is 11.4 Å². The van der Waals surface area contributed by atoms with Crippen molar-refractivity contribution in [3.63, 3.8) is 0 Å². The monoisotopic (exact) mass is 145 g/mol. The lowest BCUT2D eigenvalue weighted by Crippen LogP contribution is -2.10. The van der Waals surface area contributed by atoms with Gasteiger partial charge in [0.05, 0.1) is 11.1 Å². The molecule has 0 aromatic heterocycles. The van der Waals surface area contributed by atoms with Crippen LogP contribution < -0.4 is 5.32 Å². The number of rotatable bonds is 0. The van der Waals surface area contributed by atoms with Crippen LogP contribution in [0.4, 0.5) is 0 Å². The lowest BCUT2D eigenvalue weighted by molar-refractivity contribution is 0.0873. The molecule has 0 spiro atoms. The molecule has 0 saturated carbocycles. The predicted molar refractivity (Wildman–Crippen MR) is 36.1 cm³/mol. The Morgan fingerprint density at radius 2 is 2.09 bits per heavy atom. The number of carbonyl (C=O) groups is 2. The third-order valence-electron chi connectivity index (χ3n) is 1.50. The van der Waals surface area contributed by atoms with Crippen molar-refractivity contribution >= 4 is 11.8 Å². The van der Waals surface area contributed by atoms with E-state index in [1.165, 1.54) is 0 Å². The maximum absolute atomic E-state index is 10.9. The summed E-state index contributed by atoms with van der Waals surface area (Å²) >= 11 is 0. The van der Waals surface area contributed by atoms with Gasteiger partial charge in [0, 0.05) is 0 Å². The Labute approximate surface area is 63.0 Å². The number of imide groups is 1. The normalized spacial score (nSPS) is 14.5. The van der Waals surface area contributed by atoms with Crippen molar-refractivity contribution in [3.05, 3.63) is 35.4 Å². The molecule has 0 fully saturated rings. The van der Waals surface area contributed by atoms with Gasteiger partial charge in [-0.2, -0.15) is 5.32 Å². The number of nitrogens with zero attached hydrogens (tertiary/aromatic N) is 1. The molecule has 52 valence electrons. The summed E-state index contributed by atoms with van der Waals surface area (Å²) in [5, 5.41) is 3.25. The summed E-state index contributed by atoms with van der Waals surface area (Å²) in [7, 11) is 0. The molecule has 11 heavy (non-hydrogen) atoms. The van der Waals surface area contributed by atoms with Crippen LogP contribution in [-0.4, -0.2) is 11.8 Å². The average Bonchev–Trinajstić information content (AvgIpc) is 2.30. The highest BCUT2D eigenvalue weighted by Crippen LogP contribution is 2.14. The Kier molecular flexibility index (Phi) is 1.06. The van der Waals surface area contributed by atoms with Gasteiger partial charge in [-0.1, -0.05) is 12.1 Å². The first-order valence-corrected chi connectivity index (χ1v) is 3.10. The van der Waals surface area contributed by atoms with Crippen LogP contribution in [0.3, 0.4) is 0 Å². The minimum absolute atomic E-state index is 0.289. The van der Waals surface area contributed by atoms with Crippen molar-refractivity contribution < 1.29 is 9.59 Å². The van der Waals surface area contributed by atoms with Gasteiger partial charge in [0.25, 0.3) is 11.8 Å². The molecular weight excluding hydrogens is 142 g/mol. The number of carbonyl (C=O) groups excluding carboxylic acids is 2. The summed E-state index contributed by atoms with van der Waals surface area (Å²) in [6, 6.07) is 7.48. The minimum Gasteiger partial charge on any atom is -0.267 e. The maximum atomic E-state index is 10.9. The molecule has 0 saturated heterocycles. The zero-order chi connectivity index (χ0) is 7.84. The number of benzene rings is 1. The molecule has 1 heterocycles. The van der Waals surface area contributed by atoms with E-state index in [0.717, 1.165) is 0 Å². The molecule has 0 N–H and O–H groups in total. The summed E-state index contributed by atoms with van der Waals surface area (Å²) in [6.45, 7) is 0. The summed E-state index contributed by atoms with van der Waals surface area (Å²) in [6.07, 6.45) is 0. The fraction of sp³-hybridized carbons (Fsp3) is 0. The van der Waals surface area contributed by atoms with E-state index in [1.54, 1.807) is 18.2 Å². The van der Waals surface area contributed by atoms with Gasteiger partial charge < -0.3 is 0 Å². The van der Waals surface area contributed by atoms with Crippen LogP contribution in [0, 0.1) is 6.07 Å². The van der Waals surface area contributed by atoms with Gasteiger partial charge in [-0.15, -0.1) is 0 Å². The smallest absolute Gasteiger partial charge is 0.267 e. The third kappa shape index (κ3) is 0.741. The summed E-state index contributed by atoms with van der Waals surface area (Å²) < 4.78 is 0. The second-order valence-electron chi connectivity index (χ2n) is 2.18. The van der Waals surface area contributed by atoms with E-state index in [0.29, 0.717) is 5.56 Å². The van der Waals surface area contributed by atoms with Crippen LogP contribution in [0.1, 0.15) is 20.7 Å². The molecule has 2 amide bonds. The maximum Gasteiger partial charge on any atom is 0.281 e. The first-order valence-electron chi connectivity index (χ1n) is 3.10. The molecule has 1 aliphatic rings. The Morgan fingerprint density at radius 3 is 2.82 bits per heavy atom. The Bertz CT molecular complexity index is 311. The van der Waals surface area contributed by atoms with Crippen LogP contribution in [0.2, 0.25) is 0 Å². The second kappa shape index (κ2) is 1.92. The van der Waals surface area contributed by atoms with E-state index in [9.17, 15) is 9.59 Å². The molecule has 3 nitrogen and oxygen atoms in total. The molecule has 0 unspecified atom stereocenters. The predicted octanol–water partition coefficient (Wildman–Crippen LogP) is 0.385. The standard InChI is InChI=1S/C8H3NO2/c10-7-5-3-1-2-4-6(5)8(11)9-7/h1-3H. The molecule has 2 rings (SSSR count). The van der Waals surface area contributed by atoms with Crippen molar-refractivity contribution in [2.24, 2.45) is 0 Å². The van der Waals surface area contributed by atoms with Crippen molar-refractivity contribution in [3.8, 4) is 0 Å². The molecule has 1 aliphatic heterocycles. The van der Waals surface area contributed by atoms with Crippen molar-refractivity contribution in [1.82, 2.24) is 5.32 Å². The third-order valence-corrected chi connectivity index (χ3v) is 1.50. The van der Waals surface area contributed by atoms with E-state index >= 15 is 0 Å². The molecule has 0 bridgehead atoms. The number of amides is 2. The van der Waals surface area contributed by atoms with Gasteiger partial charge in [0.1, 0.15) is 0 Å². The first kappa shape index (κ1) is 6.09. The summed E-state index contributed by atoms with van der Waals surface area (Å²) in [4.78, 5) is 21.7. The van der Waals surface area contributed by atoms with E-state index < -0.39 is 11.8 Å². The van der Waals surface area contributed by atoms with E-state index in [4.69, 9.17) is 0 Å². The SMILES string of the molecule is O=C1[N]C(=O)c2ccc[c]c21. The van der Waals surface area contributed by atoms with Gasteiger partial charge in [0.15, 0.2) is 0 Å². The van der Waals surface area contributed by atoms with Crippen LogP contribution in [0.5, 0.6) is 0 Å². The van der Waals surface area contributed by atoms with Crippen LogP contribution in [0.25, 0.3) is 0 Å². The molecule has 3 heteroatoms. The second-order valence-corrected chi connectivity index (χ2v) is 2.18. The van der Waals surface area contributed by atoms with Gasteiger partial charge in [-0.05, 0) is 12.1 Å². The van der Waals surface area contributed by atoms with Gasteiger partial charge in [0.2, 0.25) is 0 Å². The van der Waals surface area contributed by atoms with Crippen LogP contribution in [0.15, 0.2) is 18.2 Å². The Balaban J connectivity index is 2.69. The fourth-order valence-corrected chi connectivity index (χ4v) is 1.00. The van der Waals surface area contributed by atoms with Gasteiger partial charge >= 0.3 is 0 Å². The van der Waals surface area contributed by atoms with Crippen LogP contribution in [-0.2, 0) is 0 Å².